The van der Waals surface area contributed by atoms with Crippen LogP contribution >= 0.6 is 0 Å². The van der Waals surface area contributed by atoms with Crippen LogP contribution in [-0.2, 0) is 6.54 Å². The minimum atomic E-state index is 0.546. The number of allylic oxidation sites excluding steroid dienone is 4. The zero-order valence-electron chi connectivity index (χ0n) is 13.0. The van der Waals surface area contributed by atoms with Gasteiger partial charge in [0.1, 0.15) is 11.0 Å². The van der Waals surface area contributed by atoms with E-state index in [1.165, 1.54) is 0 Å². The third-order valence-corrected chi connectivity index (χ3v) is 3.56. The second kappa shape index (κ2) is 5.35. The molecule has 0 spiro atoms. The van der Waals surface area contributed by atoms with Crippen molar-refractivity contribution in [2.24, 2.45) is 5.92 Å². The van der Waals surface area contributed by atoms with Gasteiger partial charge < -0.3 is 5.32 Å². The minimum absolute atomic E-state index is 0.546. The summed E-state index contributed by atoms with van der Waals surface area (Å²) in [5.74, 6) is 1.94. The highest BCUT2D eigenvalue weighted by Gasteiger charge is 2.14. The number of anilines is 2. The Bertz CT molecular complexity index is 914. The molecule has 1 aliphatic carbocycles. The predicted molar refractivity (Wildman–Crippen MR) is 89.1 cm³/mol. The molecule has 2 N–H and O–H groups in total. The molecule has 116 valence electrons. The largest absolute Gasteiger partial charge is 0.336 e. The van der Waals surface area contributed by atoms with Crippen LogP contribution < -0.4 is 5.32 Å². The Morgan fingerprint density at radius 3 is 2.87 bits per heavy atom. The second-order valence-corrected chi connectivity index (χ2v) is 5.98. The summed E-state index contributed by atoms with van der Waals surface area (Å²) >= 11 is 0. The first-order valence-electron chi connectivity index (χ1n) is 7.58. The van der Waals surface area contributed by atoms with E-state index >= 15 is 0 Å². The van der Waals surface area contributed by atoms with Gasteiger partial charge in [-0.15, -0.1) is 0 Å². The van der Waals surface area contributed by atoms with Gasteiger partial charge in [-0.1, -0.05) is 32.1 Å². The molecule has 0 radical (unpaired) electrons. The van der Waals surface area contributed by atoms with Crippen molar-refractivity contribution in [1.29, 1.82) is 0 Å². The molecule has 0 aromatic carbocycles. The van der Waals surface area contributed by atoms with Gasteiger partial charge in [0, 0.05) is 18.3 Å². The van der Waals surface area contributed by atoms with Crippen LogP contribution in [0.25, 0.3) is 16.6 Å². The van der Waals surface area contributed by atoms with Crippen molar-refractivity contribution in [2.45, 2.75) is 20.4 Å². The lowest BCUT2D eigenvalue weighted by molar-refractivity contribution is 0.483. The van der Waals surface area contributed by atoms with E-state index in [2.05, 4.69) is 44.4 Å². The molecular formula is C16H17N7. The molecular weight excluding hydrogens is 290 g/mol. The van der Waals surface area contributed by atoms with Gasteiger partial charge in [-0.3, -0.25) is 9.78 Å². The Hall–Kier alpha value is -2.96. The molecule has 0 saturated heterocycles. The molecule has 4 rings (SSSR count). The van der Waals surface area contributed by atoms with Crippen LogP contribution in [0.1, 0.15) is 19.7 Å². The summed E-state index contributed by atoms with van der Waals surface area (Å²) < 4.78 is 1.93. The standard InChI is InChI=1S/C16H17N7/c1-10(2)8-23-9-12(6-18-23)19-16-14-13(7-17-22-14)20-15(21-16)11-4-3-5-11/h3-7,9-10H,8H2,1-2H3,(H,17,22)(H,19,20,21). The Morgan fingerprint density at radius 2 is 2.13 bits per heavy atom. The fourth-order valence-electron chi connectivity index (χ4n) is 2.44. The van der Waals surface area contributed by atoms with E-state index in [1.54, 1.807) is 12.4 Å². The summed E-state index contributed by atoms with van der Waals surface area (Å²) in [4.78, 5) is 9.13. The molecule has 23 heavy (non-hydrogen) atoms. The number of hydrogen-bond donors (Lipinski definition) is 2. The quantitative estimate of drug-likeness (QED) is 0.757. The number of nitrogens with zero attached hydrogens (tertiary/aromatic N) is 5. The van der Waals surface area contributed by atoms with E-state index in [-0.39, 0.29) is 0 Å². The van der Waals surface area contributed by atoms with Gasteiger partial charge in [-0.05, 0) is 5.92 Å². The van der Waals surface area contributed by atoms with E-state index in [0.717, 1.165) is 28.8 Å². The maximum atomic E-state index is 4.61. The first kappa shape index (κ1) is 13.7. The molecule has 0 amide bonds. The second-order valence-electron chi connectivity index (χ2n) is 5.98. The van der Waals surface area contributed by atoms with E-state index in [4.69, 9.17) is 0 Å². The van der Waals surface area contributed by atoms with Crippen molar-refractivity contribution in [3.8, 4) is 0 Å². The fourth-order valence-corrected chi connectivity index (χ4v) is 2.44. The summed E-state index contributed by atoms with van der Waals surface area (Å²) in [6, 6.07) is 0. The first-order valence-corrected chi connectivity index (χ1v) is 7.58. The summed E-state index contributed by atoms with van der Waals surface area (Å²) in [5.41, 5.74) is 3.48. The van der Waals surface area contributed by atoms with Crippen molar-refractivity contribution >= 4 is 28.1 Å². The molecule has 0 bridgehead atoms. The molecule has 0 saturated carbocycles. The highest BCUT2D eigenvalue weighted by Crippen LogP contribution is 2.26. The summed E-state index contributed by atoms with van der Waals surface area (Å²) in [6.45, 7) is 5.22. The van der Waals surface area contributed by atoms with Gasteiger partial charge in [0.05, 0.1) is 18.1 Å². The Labute approximate surface area is 133 Å². The topological polar surface area (TPSA) is 84.3 Å². The number of aromatic nitrogens is 6. The summed E-state index contributed by atoms with van der Waals surface area (Å²) in [5, 5.41) is 14.7. The lowest BCUT2D eigenvalue weighted by Crippen LogP contribution is -2.04. The zero-order chi connectivity index (χ0) is 15.8. The summed E-state index contributed by atoms with van der Waals surface area (Å²) in [7, 11) is 0. The van der Waals surface area contributed by atoms with Crippen molar-refractivity contribution < 1.29 is 0 Å². The average Bonchev–Trinajstić information content (AvgIpc) is 3.05. The highest BCUT2D eigenvalue weighted by molar-refractivity contribution is 5.89. The first-order chi connectivity index (χ1) is 11.2. The summed E-state index contributed by atoms with van der Waals surface area (Å²) in [6.07, 6.45) is 11.4. The predicted octanol–water partition coefficient (Wildman–Crippen LogP) is 2.90. The molecule has 3 aromatic heterocycles. The third kappa shape index (κ3) is 2.61. The van der Waals surface area contributed by atoms with E-state index < -0.39 is 0 Å². The van der Waals surface area contributed by atoms with Gasteiger partial charge in [-0.25, -0.2) is 9.97 Å². The van der Waals surface area contributed by atoms with Crippen LogP contribution in [0.2, 0.25) is 0 Å². The molecule has 0 fully saturated rings. The SMILES string of the molecule is CC(C)Cn1cc(Nc2nc(C3=CC=C3)nc3cn[nH]c23)cn1. The van der Waals surface area contributed by atoms with E-state index in [9.17, 15) is 0 Å². The maximum absolute atomic E-state index is 4.61. The van der Waals surface area contributed by atoms with E-state index in [1.807, 2.05) is 29.1 Å². The number of H-pyrrole nitrogens is 1. The lowest BCUT2D eigenvalue weighted by Gasteiger charge is -2.09. The molecule has 1 aliphatic rings. The Kier molecular flexibility index (Phi) is 3.18. The molecule has 3 aromatic rings. The van der Waals surface area contributed by atoms with Crippen LogP contribution in [0.5, 0.6) is 0 Å². The van der Waals surface area contributed by atoms with Crippen LogP contribution in [0.4, 0.5) is 11.5 Å². The smallest absolute Gasteiger partial charge is 0.162 e. The number of nitrogens with one attached hydrogen (secondary N) is 2. The average molecular weight is 307 g/mol. The number of hydrogen-bond acceptors (Lipinski definition) is 5. The molecule has 3 heterocycles. The van der Waals surface area contributed by atoms with Gasteiger partial charge >= 0.3 is 0 Å². The lowest BCUT2D eigenvalue weighted by atomic mass is 10.1. The maximum Gasteiger partial charge on any atom is 0.162 e. The van der Waals surface area contributed by atoms with Gasteiger partial charge in [-0.2, -0.15) is 10.2 Å². The number of fused-ring (bicyclic) bond motifs is 1. The van der Waals surface area contributed by atoms with Gasteiger partial charge in [0.2, 0.25) is 0 Å². The van der Waals surface area contributed by atoms with Crippen molar-refractivity contribution in [1.82, 2.24) is 29.9 Å². The van der Waals surface area contributed by atoms with Crippen LogP contribution in [0, 0.1) is 5.92 Å². The Morgan fingerprint density at radius 1 is 1.26 bits per heavy atom. The highest BCUT2D eigenvalue weighted by atomic mass is 15.3. The molecule has 7 heteroatoms. The normalized spacial score (nSPS) is 13.4. The number of rotatable bonds is 5. The van der Waals surface area contributed by atoms with E-state index in [0.29, 0.717) is 17.6 Å². The van der Waals surface area contributed by atoms with Gasteiger partial charge in [0.15, 0.2) is 11.6 Å². The van der Waals surface area contributed by atoms with Crippen molar-refractivity contribution in [3.63, 3.8) is 0 Å². The Balaban J connectivity index is 1.67. The van der Waals surface area contributed by atoms with Crippen LogP contribution in [0.3, 0.4) is 0 Å². The van der Waals surface area contributed by atoms with Crippen LogP contribution in [-0.4, -0.2) is 29.9 Å². The fraction of sp³-hybridized carbons (Fsp3) is 0.250. The third-order valence-electron chi connectivity index (χ3n) is 3.56. The molecule has 0 atom stereocenters. The zero-order valence-corrected chi connectivity index (χ0v) is 13.0. The molecule has 7 nitrogen and oxygen atoms in total. The van der Waals surface area contributed by atoms with Gasteiger partial charge in [0.25, 0.3) is 0 Å². The molecule has 0 unspecified atom stereocenters. The van der Waals surface area contributed by atoms with Crippen molar-refractivity contribution in [3.05, 3.63) is 42.6 Å². The van der Waals surface area contributed by atoms with Crippen LogP contribution in [0.15, 0.2) is 36.8 Å². The monoisotopic (exact) mass is 307 g/mol. The molecule has 0 aliphatic heterocycles. The number of aromatic amines is 1. The van der Waals surface area contributed by atoms with Crippen molar-refractivity contribution in [2.75, 3.05) is 5.32 Å². The minimum Gasteiger partial charge on any atom is -0.336 e.